The molecular formula is C17H27NO2. The van der Waals surface area contributed by atoms with Gasteiger partial charge in [0, 0.05) is 20.2 Å². The van der Waals surface area contributed by atoms with Gasteiger partial charge in [-0.1, -0.05) is 31.4 Å². The standard InChI is InChI=1S/C17H27NO2/c1-19-13-11-18-12-14-20-17-9-7-16(8-10-17)15-5-3-2-4-6-15/h7-10,15,18H,2-6,11-14H2,1H3. The summed E-state index contributed by atoms with van der Waals surface area (Å²) in [5.74, 6) is 1.74. The molecule has 2 rings (SSSR count). The molecule has 0 heterocycles. The Hall–Kier alpha value is -1.06. The molecule has 1 fully saturated rings. The molecular weight excluding hydrogens is 250 g/mol. The summed E-state index contributed by atoms with van der Waals surface area (Å²) in [6.07, 6.45) is 6.88. The van der Waals surface area contributed by atoms with Crippen LogP contribution in [-0.4, -0.2) is 33.4 Å². The molecule has 20 heavy (non-hydrogen) atoms. The van der Waals surface area contributed by atoms with E-state index in [4.69, 9.17) is 9.47 Å². The molecule has 1 N–H and O–H groups in total. The third kappa shape index (κ3) is 5.14. The van der Waals surface area contributed by atoms with Crippen LogP contribution >= 0.6 is 0 Å². The van der Waals surface area contributed by atoms with E-state index in [2.05, 4.69) is 29.6 Å². The van der Waals surface area contributed by atoms with Crippen molar-refractivity contribution in [2.75, 3.05) is 33.4 Å². The maximum Gasteiger partial charge on any atom is 0.119 e. The zero-order chi connectivity index (χ0) is 14.0. The molecule has 3 heteroatoms. The second kappa shape index (κ2) is 8.98. The predicted octanol–water partition coefficient (Wildman–Crippen LogP) is 3.35. The molecule has 1 saturated carbocycles. The molecule has 0 atom stereocenters. The van der Waals surface area contributed by atoms with E-state index < -0.39 is 0 Å². The van der Waals surface area contributed by atoms with Crippen molar-refractivity contribution in [2.24, 2.45) is 0 Å². The van der Waals surface area contributed by atoms with Gasteiger partial charge in [-0.25, -0.2) is 0 Å². The van der Waals surface area contributed by atoms with Crippen LogP contribution in [0.2, 0.25) is 0 Å². The van der Waals surface area contributed by atoms with Gasteiger partial charge in [-0.2, -0.15) is 0 Å². The van der Waals surface area contributed by atoms with E-state index in [1.54, 1.807) is 7.11 Å². The lowest BCUT2D eigenvalue weighted by atomic mass is 9.84. The fourth-order valence-corrected chi connectivity index (χ4v) is 2.81. The van der Waals surface area contributed by atoms with Crippen LogP contribution in [0.25, 0.3) is 0 Å². The van der Waals surface area contributed by atoms with Gasteiger partial charge in [0.2, 0.25) is 0 Å². The topological polar surface area (TPSA) is 30.5 Å². The zero-order valence-electron chi connectivity index (χ0n) is 12.6. The highest BCUT2D eigenvalue weighted by Gasteiger charge is 2.15. The van der Waals surface area contributed by atoms with Crippen LogP contribution in [0.15, 0.2) is 24.3 Å². The van der Waals surface area contributed by atoms with Crippen molar-refractivity contribution in [1.29, 1.82) is 0 Å². The van der Waals surface area contributed by atoms with Crippen molar-refractivity contribution < 1.29 is 9.47 Å². The fourth-order valence-electron chi connectivity index (χ4n) is 2.81. The summed E-state index contributed by atoms with van der Waals surface area (Å²) in [4.78, 5) is 0. The Bertz CT molecular complexity index is 358. The van der Waals surface area contributed by atoms with Crippen LogP contribution in [0.4, 0.5) is 0 Å². The van der Waals surface area contributed by atoms with Gasteiger partial charge in [0.05, 0.1) is 6.61 Å². The Balaban J connectivity index is 1.68. The number of rotatable bonds is 8. The van der Waals surface area contributed by atoms with Gasteiger partial charge in [0.25, 0.3) is 0 Å². The van der Waals surface area contributed by atoms with Crippen LogP contribution < -0.4 is 10.1 Å². The van der Waals surface area contributed by atoms with E-state index in [-0.39, 0.29) is 0 Å². The van der Waals surface area contributed by atoms with E-state index in [1.165, 1.54) is 37.7 Å². The molecule has 0 radical (unpaired) electrons. The molecule has 1 aliphatic carbocycles. The van der Waals surface area contributed by atoms with Gasteiger partial charge in [-0.15, -0.1) is 0 Å². The molecule has 0 unspecified atom stereocenters. The smallest absolute Gasteiger partial charge is 0.119 e. The molecule has 0 aromatic heterocycles. The highest BCUT2D eigenvalue weighted by Crippen LogP contribution is 2.33. The first-order chi connectivity index (χ1) is 9.90. The second-order valence-electron chi connectivity index (χ2n) is 5.50. The Morgan fingerprint density at radius 1 is 1.00 bits per heavy atom. The van der Waals surface area contributed by atoms with Gasteiger partial charge in [-0.05, 0) is 36.5 Å². The highest BCUT2D eigenvalue weighted by molar-refractivity contribution is 5.29. The number of nitrogens with one attached hydrogen (secondary N) is 1. The van der Waals surface area contributed by atoms with Crippen molar-refractivity contribution in [2.45, 2.75) is 38.0 Å². The minimum atomic E-state index is 0.701. The monoisotopic (exact) mass is 277 g/mol. The minimum absolute atomic E-state index is 0.701. The predicted molar refractivity (Wildman–Crippen MR) is 82.5 cm³/mol. The van der Waals surface area contributed by atoms with Crippen molar-refractivity contribution >= 4 is 0 Å². The van der Waals surface area contributed by atoms with E-state index >= 15 is 0 Å². The summed E-state index contributed by atoms with van der Waals surface area (Å²) >= 11 is 0. The molecule has 3 nitrogen and oxygen atoms in total. The molecule has 0 spiro atoms. The molecule has 0 bridgehead atoms. The second-order valence-corrected chi connectivity index (χ2v) is 5.50. The maximum absolute atomic E-state index is 5.73. The van der Waals surface area contributed by atoms with Gasteiger partial charge < -0.3 is 14.8 Å². The largest absolute Gasteiger partial charge is 0.492 e. The lowest BCUT2D eigenvalue weighted by Gasteiger charge is -2.22. The van der Waals surface area contributed by atoms with Crippen LogP contribution in [0, 0.1) is 0 Å². The van der Waals surface area contributed by atoms with Crippen LogP contribution in [-0.2, 0) is 4.74 Å². The summed E-state index contributed by atoms with van der Waals surface area (Å²) < 4.78 is 10.7. The van der Waals surface area contributed by atoms with Gasteiger partial charge in [0.1, 0.15) is 12.4 Å². The van der Waals surface area contributed by atoms with Crippen molar-refractivity contribution in [1.82, 2.24) is 5.32 Å². The van der Waals surface area contributed by atoms with E-state index in [0.717, 1.165) is 31.4 Å². The lowest BCUT2D eigenvalue weighted by Crippen LogP contribution is -2.24. The van der Waals surface area contributed by atoms with Crippen molar-refractivity contribution in [3.05, 3.63) is 29.8 Å². The van der Waals surface area contributed by atoms with Gasteiger partial charge in [0.15, 0.2) is 0 Å². The normalized spacial score (nSPS) is 16.2. The Morgan fingerprint density at radius 2 is 1.70 bits per heavy atom. The number of benzene rings is 1. The fraction of sp³-hybridized carbons (Fsp3) is 0.647. The molecule has 0 saturated heterocycles. The third-order valence-corrected chi connectivity index (χ3v) is 3.99. The van der Waals surface area contributed by atoms with E-state index in [1.807, 2.05) is 0 Å². The quantitative estimate of drug-likeness (QED) is 0.739. The molecule has 0 aliphatic heterocycles. The first-order valence-corrected chi connectivity index (χ1v) is 7.82. The van der Waals surface area contributed by atoms with Crippen molar-refractivity contribution in [3.8, 4) is 5.75 Å². The van der Waals surface area contributed by atoms with Crippen LogP contribution in [0.1, 0.15) is 43.6 Å². The number of hydrogen-bond donors (Lipinski definition) is 1. The lowest BCUT2D eigenvalue weighted by molar-refractivity contribution is 0.197. The Labute approximate surface area is 122 Å². The highest BCUT2D eigenvalue weighted by atomic mass is 16.5. The maximum atomic E-state index is 5.73. The third-order valence-electron chi connectivity index (χ3n) is 3.99. The Kier molecular flexibility index (Phi) is 6.89. The average molecular weight is 277 g/mol. The minimum Gasteiger partial charge on any atom is -0.492 e. The van der Waals surface area contributed by atoms with Crippen molar-refractivity contribution in [3.63, 3.8) is 0 Å². The van der Waals surface area contributed by atoms with Gasteiger partial charge in [-0.3, -0.25) is 0 Å². The average Bonchev–Trinajstić information content (AvgIpc) is 2.52. The molecule has 112 valence electrons. The molecule has 1 aliphatic rings. The molecule has 1 aromatic rings. The number of ether oxygens (including phenoxy) is 2. The first-order valence-electron chi connectivity index (χ1n) is 7.82. The van der Waals surface area contributed by atoms with Gasteiger partial charge >= 0.3 is 0 Å². The summed E-state index contributed by atoms with van der Waals surface area (Å²) in [6.45, 7) is 3.18. The summed E-state index contributed by atoms with van der Waals surface area (Å²) in [5, 5.41) is 3.27. The van der Waals surface area contributed by atoms with Crippen LogP contribution in [0.3, 0.4) is 0 Å². The molecule has 0 amide bonds. The summed E-state index contributed by atoms with van der Waals surface area (Å²) in [7, 11) is 1.71. The van der Waals surface area contributed by atoms with E-state index in [9.17, 15) is 0 Å². The number of methoxy groups -OCH3 is 1. The van der Waals surface area contributed by atoms with Crippen LogP contribution in [0.5, 0.6) is 5.75 Å². The first kappa shape index (κ1) is 15.3. The summed E-state index contributed by atoms with van der Waals surface area (Å²) in [5.41, 5.74) is 1.48. The summed E-state index contributed by atoms with van der Waals surface area (Å²) in [6, 6.07) is 8.70. The Morgan fingerprint density at radius 3 is 2.40 bits per heavy atom. The SMILES string of the molecule is COCCNCCOc1ccc(C2CCCCC2)cc1. The number of hydrogen-bond acceptors (Lipinski definition) is 3. The van der Waals surface area contributed by atoms with E-state index in [0.29, 0.717) is 6.61 Å². The zero-order valence-corrected chi connectivity index (χ0v) is 12.6. The molecule has 1 aromatic carbocycles.